The maximum Gasteiger partial charge on any atom is 0.105 e. The number of aryl methyl sites for hydroxylation is 1. The van der Waals surface area contributed by atoms with E-state index in [0.717, 1.165) is 22.8 Å². The summed E-state index contributed by atoms with van der Waals surface area (Å²) in [6, 6.07) is 39.2. The number of nitrogens with one attached hydrogen (secondary N) is 1. The Labute approximate surface area is 228 Å². The number of aliphatic hydroxyl groups excluding tert-OH is 1. The zero-order chi connectivity index (χ0) is 27.4. The van der Waals surface area contributed by atoms with Gasteiger partial charge in [-0.25, -0.2) is 0 Å². The van der Waals surface area contributed by atoms with E-state index in [1.165, 1.54) is 27.2 Å². The second-order valence-corrected chi connectivity index (χ2v) is 9.23. The van der Waals surface area contributed by atoms with E-state index in [0.29, 0.717) is 11.1 Å². The maximum atomic E-state index is 9.19. The largest absolute Gasteiger partial charge is 0.513 e. The fourth-order valence-electron chi connectivity index (χ4n) is 4.95. The van der Waals surface area contributed by atoms with E-state index in [1.807, 2.05) is 42.5 Å². The second-order valence-electron chi connectivity index (χ2n) is 9.23. The fourth-order valence-corrected chi connectivity index (χ4v) is 4.95. The molecule has 0 amide bonds. The lowest BCUT2D eigenvalue weighted by molar-refractivity contribution is 0.468. The van der Waals surface area contributed by atoms with Crippen LogP contribution in [0.3, 0.4) is 0 Å². The number of aliphatic hydroxyl groups is 1. The standard InChI is InChI=1S/C22H18N2O.C13H11N/c1-15(21(14-25)24-2)22(23)18-10-5-9-17(13-18)20-12-6-8-16-7-3-4-11-19(16)20;1-14-12-8-4-2-6-10(12)11-7-3-5-9-13(11)14/h3-14,23,25H,1-2H2;2-9H,1H3/b21-14+,23-22?;. The van der Waals surface area contributed by atoms with Crippen LogP contribution < -0.4 is 0 Å². The van der Waals surface area contributed by atoms with Gasteiger partial charge in [-0.3, -0.25) is 10.4 Å². The third-order valence-corrected chi connectivity index (χ3v) is 6.98. The number of benzene rings is 5. The van der Waals surface area contributed by atoms with Crippen LogP contribution >= 0.6 is 0 Å². The smallest absolute Gasteiger partial charge is 0.105 e. The minimum atomic E-state index is 0.195. The van der Waals surface area contributed by atoms with Gasteiger partial charge in [0.2, 0.25) is 0 Å². The van der Waals surface area contributed by atoms with Crippen LogP contribution in [0.5, 0.6) is 0 Å². The van der Waals surface area contributed by atoms with E-state index in [4.69, 9.17) is 5.41 Å². The van der Waals surface area contributed by atoms with Crippen molar-refractivity contribution in [1.29, 1.82) is 5.41 Å². The molecular weight excluding hydrogens is 478 g/mol. The molecule has 0 saturated carbocycles. The molecule has 0 atom stereocenters. The Morgan fingerprint density at radius 1 is 0.769 bits per heavy atom. The van der Waals surface area contributed by atoms with Crippen molar-refractivity contribution < 1.29 is 5.11 Å². The molecule has 0 unspecified atom stereocenters. The van der Waals surface area contributed by atoms with Crippen LogP contribution in [-0.2, 0) is 7.05 Å². The molecule has 0 radical (unpaired) electrons. The Balaban J connectivity index is 0.000000184. The summed E-state index contributed by atoms with van der Waals surface area (Å²) >= 11 is 0. The highest BCUT2D eigenvalue weighted by molar-refractivity contribution is 6.13. The minimum absolute atomic E-state index is 0.195. The molecule has 4 nitrogen and oxygen atoms in total. The quantitative estimate of drug-likeness (QED) is 0.137. The number of para-hydroxylation sites is 2. The van der Waals surface area contributed by atoms with E-state index in [2.05, 4.69) is 103 Å². The summed E-state index contributed by atoms with van der Waals surface area (Å²) in [4.78, 5) is 3.70. The molecule has 39 heavy (non-hydrogen) atoms. The molecule has 1 aromatic heterocycles. The molecule has 0 fully saturated rings. The molecule has 0 aliphatic rings. The van der Waals surface area contributed by atoms with E-state index in [9.17, 15) is 5.11 Å². The molecule has 5 aromatic carbocycles. The van der Waals surface area contributed by atoms with E-state index < -0.39 is 0 Å². The van der Waals surface area contributed by atoms with Crippen molar-refractivity contribution >= 4 is 45.0 Å². The molecule has 4 heteroatoms. The SMILES string of the molecule is C=N/C(=C/O)C(=C)C(=N)c1cccc(-c2cccc3ccccc23)c1.Cn1c2ccccc2c2ccccc21. The number of nitrogens with zero attached hydrogens (tertiary/aromatic N) is 2. The van der Waals surface area contributed by atoms with Gasteiger partial charge in [-0.2, -0.15) is 0 Å². The molecule has 6 rings (SSSR count). The predicted octanol–water partition coefficient (Wildman–Crippen LogP) is 8.86. The monoisotopic (exact) mass is 507 g/mol. The molecule has 1 heterocycles. The number of allylic oxidation sites excluding steroid dienone is 1. The van der Waals surface area contributed by atoms with Gasteiger partial charge in [0.05, 0.1) is 5.71 Å². The van der Waals surface area contributed by atoms with Crippen molar-refractivity contribution in [1.82, 2.24) is 4.57 Å². The number of hydrogen-bond donors (Lipinski definition) is 2. The van der Waals surface area contributed by atoms with Crippen LogP contribution in [0.15, 0.2) is 144 Å². The van der Waals surface area contributed by atoms with Crippen molar-refractivity contribution in [2.24, 2.45) is 12.0 Å². The first-order chi connectivity index (χ1) is 19.0. The second kappa shape index (κ2) is 11.0. The van der Waals surface area contributed by atoms with Gasteiger partial charge in [0.15, 0.2) is 0 Å². The Morgan fingerprint density at radius 3 is 1.97 bits per heavy atom. The van der Waals surface area contributed by atoms with Crippen molar-refractivity contribution in [3.05, 3.63) is 145 Å². The Kier molecular flexibility index (Phi) is 7.19. The van der Waals surface area contributed by atoms with Gasteiger partial charge in [0.1, 0.15) is 12.0 Å². The number of fused-ring (bicyclic) bond motifs is 4. The number of hydrogen-bond acceptors (Lipinski definition) is 3. The lowest BCUT2D eigenvalue weighted by Gasteiger charge is -2.11. The van der Waals surface area contributed by atoms with Crippen molar-refractivity contribution in [2.45, 2.75) is 0 Å². The molecule has 0 saturated heterocycles. The van der Waals surface area contributed by atoms with Crippen LogP contribution in [0.25, 0.3) is 43.7 Å². The third-order valence-electron chi connectivity index (χ3n) is 6.98. The summed E-state index contributed by atoms with van der Waals surface area (Å²) < 4.78 is 2.24. The molecular formula is C35H29N3O. The normalized spacial score (nSPS) is 11.3. The van der Waals surface area contributed by atoms with Gasteiger partial charge in [0, 0.05) is 40.0 Å². The summed E-state index contributed by atoms with van der Waals surface area (Å²) in [6.07, 6.45) is 0.818. The van der Waals surface area contributed by atoms with Gasteiger partial charge in [-0.15, -0.1) is 0 Å². The van der Waals surface area contributed by atoms with E-state index in [-0.39, 0.29) is 11.4 Å². The molecule has 2 N–H and O–H groups in total. The van der Waals surface area contributed by atoms with Crippen molar-refractivity contribution in [3.8, 4) is 11.1 Å². The van der Waals surface area contributed by atoms with Crippen LogP contribution in [0.4, 0.5) is 0 Å². The fraction of sp³-hybridized carbons (Fsp3) is 0.0286. The minimum Gasteiger partial charge on any atom is -0.513 e. The van der Waals surface area contributed by atoms with Gasteiger partial charge in [-0.05, 0) is 46.8 Å². The lowest BCUT2D eigenvalue weighted by Crippen LogP contribution is -2.04. The summed E-state index contributed by atoms with van der Waals surface area (Å²) in [5, 5.41) is 22.6. The molecule has 0 aliphatic heterocycles. The number of aromatic nitrogens is 1. The molecule has 190 valence electrons. The molecule has 0 bridgehead atoms. The highest BCUT2D eigenvalue weighted by atomic mass is 16.2. The predicted molar refractivity (Wildman–Crippen MR) is 166 cm³/mol. The van der Waals surface area contributed by atoms with Crippen molar-refractivity contribution in [3.63, 3.8) is 0 Å². The number of rotatable bonds is 5. The van der Waals surface area contributed by atoms with Gasteiger partial charge >= 0.3 is 0 Å². The lowest BCUT2D eigenvalue weighted by atomic mass is 9.94. The average Bonchev–Trinajstić information content (AvgIpc) is 3.29. The average molecular weight is 508 g/mol. The van der Waals surface area contributed by atoms with Gasteiger partial charge in [-0.1, -0.05) is 104 Å². The number of aliphatic imine (C=N–C) groups is 1. The molecule has 6 aromatic rings. The van der Waals surface area contributed by atoms with Crippen LogP contribution in [0.2, 0.25) is 0 Å². The van der Waals surface area contributed by atoms with E-state index in [1.54, 1.807) is 0 Å². The third kappa shape index (κ3) is 4.88. The van der Waals surface area contributed by atoms with Crippen LogP contribution in [-0.4, -0.2) is 22.1 Å². The first kappa shape index (κ1) is 25.4. The zero-order valence-electron chi connectivity index (χ0n) is 21.8. The Morgan fingerprint density at radius 2 is 1.33 bits per heavy atom. The summed E-state index contributed by atoms with van der Waals surface area (Å²) in [7, 11) is 2.12. The van der Waals surface area contributed by atoms with Crippen LogP contribution in [0, 0.1) is 5.41 Å². The Hall–Kier alpha value is -5.22. The highest BCUT2D eigenvalue weighted by Crippen LogP contribution is 2.30. The molecule has 0 spiro atoms. The Bertz CT molecular complexity index is 1830. The molecule has 0 aliphatic carbocycles. The summed E-state index contributed by atoms with van der Waals surface area (Å²) in [5.41, 5.74) is 6.16. The van der Waals surface area contributed by atoms with Gasteiger partial charge in [0.25, 0.3) is 0 Å². The maximum absolute atomic E-state index is 9.19. The topological polar surface area (TPSA) is 61.4 Å². The van der Waals surface area contributed by atoms with E-state index >= 15 is 0 Å². The highest BCUT2D eigenvalue weighted by Gasteiger charge is 2.12. The summed E-state index contributed by atoms with van der Waals surface area (Å²) in [5.74, 6) is 0. The van der Waals surface area contributed by atoms with Crippen LogP contribution in [0.1, 0.15) is 5.56 Å². The summed E-state index contributed by atoms with van der Waals surface area (Å²) in [6.45, 7) is 7.23. The zero-order valence-corrected chi connectivity index (χ0v) is 21.8. The first-order valence-corrected chi connectivity index (χ1v) is 12.6. The first-order valence-electron chi connectivity index (χ1n) is 12.6. The van der Waals surface area contributed by atoms with Crippen molar-refractivity contribution in [2.75, 3.05) is 0 Å². The van der Waals surface area contributed by atoms with Gasteiger partial charge < -0.3 is 9.67 Å².